The summed E-state index contributed by atoms with van der Waals surface area (Å²) in [5, 5.41) is 0. The van der Waals surface area contributed by atoms with Crippen LogP contribution in [-0.4, -0.2) is 11.8 Å². The number of rotatable bonds is 2. The maximum absolute atomic E-state index is 4.75. The summed E-state index contributed by atoms with van der Waals surface area (Å²) >= 11 is 0. The van der Waals surface area contributed by atoms with E-state index in [0.717, 1.165) is 5.92 Å². The molecule has 0 atom stereocenters. The lowest BCUT2D eigenvalue weighted by atomic mass is 9.78. The Labute approximate surface area is 75.3 Å². The smallest absolute Gasteiger partial charge is 0.0632 e. The van der Waals surface area contributed by atoms with Gasteiger partial charge in [0.05, 0.1) is 5.54 Å². The van der Waals surface area contributed by atoms with E-state index in [4.69, 9.17) is 4.99 Å². The van der Waals surface area contributed by atoms with E-state index in [1.165, 1.54) is 44.9 Å². The van der Waals surface area contributed by atoms with E-state index in [0.29, 0.717) is 5.54 Å². The van der Waals surface area contributed by atoms with Gasteiger partial charge in [-0.1, -0.05) is 19.3 Å². The molecular formula is C11H19N. The molecule has 0 aliphatic heterocycles. The topological polar surface area (TPSA) is 12.4 Å². The lowest BCUT2D eigenvalue weighted by Crippen LogP contribution is -2.31. The normalized spacial score (nSPS) is 29.4. The molecule has 2 rings (SSSR count). The van der Waals surface area contributed by atoms with Crippen LogP contribution in [0.3, 0.4) is 0 Å². The van der Waals surface area contributed by atoms with Crippen LogP contribution in [0.25, 0.3) is 0 Å². The fourth-order valence-electron chi connectivity index (χ4n) is 2.68. The van der Waals surface area contributed by atoms with Crippen LogP contribution in [0.4, 0.5) is 0 Å². The Kier molecular flexibility index (Phi) is 2.20. The molecule has 0 amide bonds. The van der Waals surface area contributed by atoms with Crippen molar-refractivity contribution < 1.29 is 0 Å². The molecule has 12 heavy (non-hydrogen) atoms. The zero-order valence-corrected chi connectivity index (χ0v) is 8.05. The van der Waals surface area contributed by atoms with Gasteiger partial charge >= 0.3 is 0 Å². The monoisotopic (exact) mass is 165 g/mol. The quantitative estimate of drug-likeness (QED) is 0.557. The highest BCUT2D eigenvalue weighted by Crippen LogP contribution is 2.49. The van der Waals surface area contributed by atoms with Crippen LogP contribution in [0.1, 0.15) is 51.9 Å². The van der Waals surface area contributed by atoms with Crippen LogP contribution in [-0.2, 0) is 0 Å². The Morgan fingerprint density at radius 2 is 1.83 bits per heavy atom. The molecule has 2 fully saturated rings. The van der Waals surface area contributed by atoms with Gasteiger partial charge in [-0.15, -0.1) is 0 Å². The van der Waals surface area contributed by atoms with Crippen molar-refractivity contribution in [1.82, 2.24) is 0 Å². The van der Waals surface area contributed by atoms with Crippen LogP contribution in [0.5, 0.6) is 0 Å². The molecule has 0 N–H and O–H groups in total. The van der Waals surface area contributed by atoms with E-state index in [1.807, 2.05) is 6.21 Å². The minimum atomic E-state index is 0.410. The van der Waals surface area contributed by atoms with Gasteiger partial charge in [0.2, 0.25) is 0 Å². The van der Waals surface area contributed by atoms with Crippen molar-refractivity contribution in [2.75, 3.05) is 0 Å². The molecular weight excluding hydrogens is 146 g/mol. The van der Waals surface area contributed by atoms with Crippen molar-refractivity contribution in [1.29, 1.82) is 0 Å². The largest absolute Gasteiger partial charge is 0.291 e. The molecule has 0 unspecified atom stereocenters. The summed E-state index contributed by atoms with van der Waals surface area (Å²) in [7, 11) is 0. The van der Waals surface area contributed by atoms with E-state index in [9.17, 15) is 0 Å². The number of hydrogen-bond acceptors (Lipinski definition) is 1. The van der Waals surface area contributed by atoms with Crippen molar-refractivity contribution in [2.45, 2.75) is 57.4 Å². The Hall–Kier alpha value is -0.330. The van der Waals surface area contributed by atoms with E-state index < -0.39 is 0 Å². The standard InChI is InChI=1S/C11H19N/c1-2-12-11(10-6-7-10)8-4-3-5-9-11/h2,10H,3-9H2,1H3. The number of nitrogens with zero attached hydrogens (tertiary/aromatic N) is 1. The molecule has 0 aromatic rings. The Balaban J connectivity index is 2.08. The molecule has 0 spiro atoms. The number of aliphatic imine (C=N–C) groups is 1. The average molecular weight is 165 g/mol. The van der Waals surface area contributed by atoms with E-state index in [1.54, 1.807) is 0 Å². The van der Waals surface area contributed by atoms with E-state index >= 15 is 0 Å². The minimum Gasteiger partial charge on any atom is -0.291 e. The van der Waals surface area contributed by atoms with Crippen LogP contribution in [0, 0.1) is 5.92 Å². The predicted octanol–water partition coefficient (Wildman–Crippen LogP) is 3.19. The van der Waals surface area contributed by atoms with Crippen molar-refractivity contribution in [3.05, 3.63) is 0 Å². The summed E-state index contributed by atoms with van der Waals surface area (Å²) in [6, 6.07) is 0. The van der Waals surface area contributed by atoms with Gasteiger partial charge in [0.1, 0.15) is 0 Å². The van der Waals surface area contributed by atoms with Crippen molar-refractivity contribution >= 4 is 6.21 Å². The zero-order chi connectivity index (χ0) is 8.44. The Morgan fingerprint density at radius 3 is 2.33 bits per heavy atom. The molecule has 1 nitrogen and oxygen atoms in total. The maximum Gasteiger partial charge on any atom is 0.0632 e. The zero-order valence-electron chi connectivity index (χ0n) is 8.05. The van der Waals surface area contributed by atoms with Crippen LogP contribution in [0.2, 0.25) is 0 Å². The van der Waals surface area contributed by atoms with Gasteiger partial charge in [0.25, 0.3) is 0 Å². The second-order valence-electron chi connectivity index (χ2n) is 4.33. The van der Waals surface area contributed by atoms with Crippen LogP contribution >= 0.6 is 0 Å². The molecule has 0 aromatic carbocycles. The third-order valence-electron chi connectivity index (χ3n) is 3.44. The first kappa shape index (κ1) is 8.28. The summed E-state index contributed by atoms with van der Waals surface area (Å²) in [6.07, 6.45) is 11.9. The minimum absolute atomic E-state index is 0.410. The first-order valence-electron chi connectivity index (χ1n) is 5.37. The first-order chi connectivity index (χ1) is 5.87. The molecule has 0 aromatic heterocycles. The Morgan fingerprint density at radius 1 is 1.17 bits per heavy atom. The SMILES string of the molecule is CC=NC1(C2CC2)CCCCC1. The van der Waals surface area contributed by atoms with Crippen molar-refractivity contribution in [3.8, 4) is 0 Å². The fourth-order valence-corrected chi connectivity index (χ4v) is 2.68. The van der Waals surface area contributed by atoms with E-state index in [2.05, 4.69) is 6.92 Å². The van der Waals surface area contributed by atoms with Gasteiger partial charge in [-0.3, -0.25) is 4.99 Å². The molecule has 0 radical (unpaired) electrons. The van der Waals surface area contributed by atoms with Gasteiger partial charge in [0, 0.05) is 0 Å². The highest BCUT2D eigenvalue weighted by Gasteiger charge is 2.44. The van der Waals surface area contributed by atoms with Crippen molar-refractivity contribution in [3.63, 3.8) is 0 Å². The van der Waals surface area contributed by atoms with Gasteiger partial charge in [-0.25, -0.2) is 0 Å². The lowest BCUT2D eigenvalue weighted by Gasteiger charge is -2.33. The van der Waals surface area contributed by atoms with E-state index in [-0.39, 0.29) is 0 Å². The highest BCUT2D eigenvalue weighted by molar-refractivity contribution is 5.54. The molecule has 0 heterocycles. The Bertz CT molecular complexity index is 173. The summed E-state index contributed by atoms with van der Waals surface area (Å²) in [6.45, 7) is 2.07. The average Bonchev–Trinajstić information content (AvgIpc) is 2.89. The molecule has 2 aliphatic carbocycles. The van der Waals surface area contributed by atoms with Gasteiger partial charge in [-0.05, 0) is 44.7 Å². The predicted molar refractivity (Wildman–Crippen MR) is 52.7 cm³/mol. The van der Waals surface area contributed by atoms with Crippen LogP contribution < -0.4 is 0 Å². The molecule has 0 saturated heterocycles. The molecule has 2 saturated carbocycles. The lowest BCUT2D eigenvalue weighted by molar-refractivity contribution is 0.265. The van der Waals surface area contributed by atoms with Gasteiger partial charge < -0.3 is 0 Å². The summed E-state index contributed by atoms with van der Waals surface area (Å²) < 4.78 is 0. The summed E-state index contributed by atoms with van der Waals surface area (Å²) in [5.41, 5.74) is 0.410. The number of hydrogen-bond donors (Lipinski definition) is 0. The fraction of sp³-hybridized carbons (Fsp3) is 0.909. The molecule has 1 heteroatoms. The first-order valence-corrected chi connectivity index (χ1v) is 5.37. The third-order valence-corrected chi connectivity index (χ3v) is 3.44. The summed E-state index contributed by atoms with van der Waals surface area (Å²) in [4.78, 5) is 4.75. The molecule has 68 valence electrons. The third kappa shape index (κ3) is 1.41. The second-order valence-corrected chi connectivity index (χ2v) is 4.33. The molecule has 2 aliphatic rings. The maximum atomic E-state index is 4.75. The highest BCUT2D eigenvalue weighted by atomic mass is 14.9. The van der Waals surface area contributed by atoms with Gasteiger partial charge in [-0.2, -0.15) is 0 Å². The summed E-state index contributed by atoms with van der Waals surface area (Å²) in [5.74, 6) is 0.953. The van der Waals surface area contributed by atoms with Crippen molar-refractivity contribution in [2.24, 2.45) is 10.9 Å². The van der Waals surface area contributed by atoms with Gasteiger partial charge in [0.15, 0.2) is 0 Å². The second kappa shape index (κ2) is 3.20. The van der Waals surface area contributed by atoms with Crippen LogP contribution in [0.15, 0.2) is 4.99 Å². The molecule has 0 bridgehead atoms.